The summed E-state index contributed by atoms with van der Waals surface area (Å²) in [4.78, 5) is 4.72. The zero-order chi connectivity index (χ0) is 29.4. The summed E-state index contributed by atoms with van der Waals surface area (Å²) >= 11 is 0. The monoisotopic (exact) mass is 557 g/mol. The van der Waals surface area contributed by atoms with Crippen LogP contribution in [0.5, 0.6) is 0 Å². The molecule has 0 radical (unpaired) electrons. The molecule has 0 aliphatic heterocycles. The van der Waals surface area contributed by atoms with Gasteiger partial charge in [0.1, 0.15) is 0 Å². The number of hydrogen-bond donors (Lipinski definition) is 0. The van der Waals surface area contributed by atoms with E-state index in [9.17, 15) is 0 Å². The molecule has 0 fully saturated rings. The van der Waals surface area contributed by atoms with Crippen LogP contribution in [0.3, 0.4) is 0 Å². The van der Waals surface area contributed by atoms with Crippen LogP contribution in [0.2, 0.25) is 0 Å². The van der Waals surface area contributed by atoms with Crippen LogP contribution in [-0.2, 0) is 0 Å². The van der Waals surface area contributed by atoms with Crippen molar-refractivity contribution < 1.29 is 0 Å². The number of rotatable bonds is 6. The Balaban J connectivity index is 1.35. The van der Waals surface area contributed by atoms with E-state index in [1.807, 2.05) is 0 Å². The molecule has 0 spiro atoms. The van der Waals surface area contributed by atoms with Crippen LogP contribution < -0.4 is 9.80 Å². The normalized spacial score (nSPS) is 11.6. The number of nitrogens with zero attached hydrogens (tertiary/aromatic N) is 3. The van der Waals surface area contributed by atoms with E-state index in [2.05, 4.69) is 193 Å². The summed E-state index contributed by atoms with van der Waals surface area (Å²) in [7, 11) is 0. The molecule has 210 valence electrons. The van der Waals surface area contributed by atoms with Crippen molar-refractivity contribution in [2.75, 3.05) is 9.80 Å². The lowest BCUT2D eigenvalue weighted by atomic mass is 10.0. The molecule has 3 nitrogen and oxygen atoms in total. The third-order valence-corrected chi connectivity index (χ3v) is 7.99. The molecule has 7 rings (SSSR count). The maximum Gasteiger partial charge on any atom is 0.0542 e. The predicted octanol–water partition coefficient (Wildman–Crippen LogP) is 11.2. The molecule has 3 heteroatoms. The van der Waals surface area contributed by atoms with Crippen molar-refractivity contribution in [1.29, 1.82) is 0 Å². The van der Waals surface area contributed by atoms with Crippen LogP contribution in [-0.4, -0.2) is 10.1 Å². The van der Waals surface area contributed by atoms with Gasteiger partial charge in [0.2, 0.25) is 0 Å². The van der Waals surface area contributed by atoms with Gasteiger partial charge in [-0.05, 0) is 106 Å². The molecule has 0 N–H and O–H groups in total. The first-order valence-electron chi connectivity index (χ1n) is 14.9. The van der Waals surface area contributed by atoms with Gasteiger partial charge >= 0.3 is 0 Å². The maximum atomic E-state index is 2.43. The quantitative estimate of drug-likeness (QED) is 0.201. The van der Waals surface area contributed by atoms with Crippen molar-refractivity contribution in [3.05, 3.63) is 158 Å². The van der Waals surface area contributed by atoms with Gasteiger partial charge in [-0.1, -0.05) is 72.8 Å². The van der Waals surface area contributed by atoms with E-state index < -0.39 is 0 Å². The molecular formula is C40H35N3. The molecule has 43 heavy (non-hydrogen) atoms. The van der Waals surface area contributed by atoms with Crippen molar-refractivity contribution >= 4 is 50.2 Å². The minimum atomic E-state index is -0.0907. The number of fused-ring (bicyclic) bond motifs is 3. The van der Waals surface area contributed by atoms with Gasteiger partial charge in [-0.15, -0.1) is 0 Å². The van der Waals surface area contributed by atoms with Gasteiger partial charge in [0, 0.05) is 50.4 Å². The minimum Gasteiger partial charge on any atom is -0.336 e. The zero-order valence-corrected chi connectivity index (χ0v) is 24.9. The highest BCUT2D eigenvalue weighted by molar-refractivity contribution is 6.10. The Morgan fingerprint density at radius 1 is 0.419 bits per heavy atom. The van der Waals surface area contributed by atoms with Gasteiger partial charge in [-0.25, -0.2) is 0 Å². The van der Waals surface area contributed by atoms with E-state index in [0.717, 1.165) is 22.7 Å². The van der Waals surface area contributed by atoms with Gasteiger partial charge in [0.25, 0.3) is 0 Å². The standard InChI is InChI=1S/C40H35N3/c1-40(2,3)43(34-19-11-6-12-20-34)35-27-28-39-37(29-35)36-21-13-14-22-38(36)42(39)33-25-23-32(24-26-33)41(30-15-7-4-8-16-30)31-17-9-5-10-18-31/h4-29H,1-3H3. The van der Waals surface area contributed by atoms with E-state index in [1.54, 1.807) is 0 Å². The predicted molar refractivity (Wildman–Crippen MR) is 184 cm³/mol. The van der Waals surface area contributed by atoms with Gasteiger partial charge in [-0.2, -0.15) is 0 Å². The SMILES string of the molecule is CC(C)(C)N(c1ccccc1)c1ccc2c(c1)c1ccccc1n2-c1ccc(N(c2ccccc2)c2ccccc2)cc1. The molecule has 0 saturated heterocycles. The molecular weight excluding hydrogens is 522 g/mol. The van der Waals surface area contributed by atoms with E-state index >= 15 is 0 Å². The van der Waals surface area contributed by atoms with Gasteiger partial charge in [0.05, 0.1) is 11.0 Å². The van der Waals surface area contributed by atoms with Gasteiger partial charge < -0.3 is 14.4 Å². The third kappa shape index (κ3) is 4.93. The zero-order valence-electron chi connectivity index (χ0n) is 24.9. The fraction of sp³-hybridized carbons (Fsp3) is 0.100. The number of para-hydroxylation sites is 4. The molecule has 0 aliphatic carbocycles. The van der Waals surface area contributed by atoms with Crippen molar-refractivity contribution in [2.24, 2.45) is 0 Å². The molecule has 0 amide bonds. The highest BCUT2D eigenvalue weighted by atomic mass is 15.2. The van der Waals surface area contributed by atoms with Crippen LogP contribution in [0.4, 0.5) is 28.4 Å². The Kier molecular flexibility index (Phi) is 6.71. The van der Waals surface area contributed by atoms with Crippen LogP contribution in [0, 0.1) is 0 Å². The number of aromatic nitrogens is 1. The van der Waals surface area contributed by atoms with E-state index in [0.29, 0.717) is 0 Å². The lowest BCUT2D eigenvalue weighted by Gasteiger charge is -2.38. The first-order chi connectivity index (χ1) is 21.0. The fourth-order valence-corrected chi connectivity index (χ4v) is 6.23. The minimum absolute atomic E-state index is 0.0907. The molecule has 1 aromatic heterocycles. The highest BCUT2D eigenvalue weighted by Gasteiger charge is 2.24. The van der Waals surface area contributed by atoms with Crippen molar-refractivity contribution in [3.63, 3.8) is 0 Å². The Bertz CT molecular complexity index is 1950. The fourth-order valence-electron chi connectivity index (χ4n) is 6.23. The summed E-state index contributed by atoms with van der Waals surface area (Å²) in [6.45, 7) is 6.80. The van der Waals surface area contributed by atoms with Crippen LogP contribution >= 0.6 is 0 Å². The molecule has 0 bridgehead atoms. The van der Waals surface area contributed by atoms with Crippen molar-refractivity contribution in [1.82, 2.24) is 4.57 Å². The van der Waals surface area contributed by atoms with Gasteiger partial charge in [0.15, 0.2) is 0 Å². The Morgan fingerprint density at radius 3 is 1.47 bits per heavy atom. The summed E-state index contributed by atoms with van der Waals surface area (Å²) in [5, 5.41) is 2.50. The lowest BCUT2D eigenvalue weighted by Crippen LogP contribution is -2.37. The molecule has 0 atom stereocenters. The largest absolute Gasteiger partial charge is 0.336 e. The van der Waals surface area contributed by atoms with Crippen LogP contribution in [0.15, 0.2) is 158 Å². The topological polar surface area (TPSA) is 11.4 Å². The van der Waals surface area contributed by atoms with Crippen molar-refractivity contribution in [2.45, 2.75) is 26.3 Å². The molecule has 0 aliphatic rings. The average Bonchev–Trinajstić information content (AvgIpc) is 3.36. The smallest absolute Gasteiger partial charge is 0.0542 e. The average molecular weight is 558 g/mol. The Labute approximate surface area is 253 Å². The van der Waals surface area contributed by atoms with Crippen molar-refractivity contribution in [3.8, 4) is 5.69 Å². The molecule has 0 unspecified atom stereocenters. The lowest BCUT2D eigenvalue weighted by molar-refractivity contribution is 0.560. The molecule has 1 heterocycles. The van der Waals surface area contributed by atoms with E-state index in [-0.39, 0.29) is 5.54 Å². The maximum absolute atomic E-state index is 2.43. The number of anilines is 5. The molecule has 6 aromatic carbocycles. The number of benzene rings is 6. The highest BCUT2D eigenvalue weighted by Crippen LogP contribution is 2.40. The van der Waals surface area contributed by atoms with Crippen LogP contribution in [0.25, 0.3) is 27.5 Å². The Morgan fingerprint density at radius 2 is 0.884 bits per heavy atom. The first-order valence-corrected chi connectivity index (χ1v) is 14.9. The first kappa shape index (κ1) is 26.6. The molecule has 7 aromatic rings. The summed E-state index contributed by atoms with van der Waals surface area (Å²) in [6, 6.07) is 56.3. The third-order valence-electron chi connectivity index (χ3n) is 7.99. The summed E-state index contributed by atoms with van der Waals surface area (Å²) in [5.74, 6) is 0. The Hall–Kier alpha value is -5.28. The molecule has 0 saturated carbocycles. The second kappa shape index (κ2) is 10.8. The van der Waals surface area contributed by atoms with Gasteiger partial charge in [-0.3, -0.25) is 0 Å². The summed E-state index contributed by atoms with van der Waals surface area (Å²) in [6.07, 6.45) is 0. The summed E-state index contributed by atoms with van der Waals surface area (Å²) in [5.41, 5.74) is 9.20. The summed E-state index contributed by atoms with van der Waals surface area (Å²) < 4.78 is 2.39. The second-order valence-corrected chi connectivity index (χ2v) is 11.9. The van der Waals surface area contributed by atoms with E-state index in [1.165, 1.54) is 33.2 Å². The second-order valence-electron chi connectivity index (χ2n) is 11.9. The van der Waals surface area contributed by atoms with E-state index in [4.69, 9.17) is 0 Å². The van der Waals surface area contributed by atoms with Crippen LogP contribution in [0.1, 0.15) is 20.8 Å². The number of hydrogen-bond acceptors (Lipinski definition) is 2.